The molecule has 0 spiro atoms. The lowest BCUT2D eigenvalue weighted by Crippen LogP contribution is -2.39. The summed E-state index contributed by atoms with van der Waals surface area (Å²) in [6.45, 7) is 0.0318. The van der Waals surface area contributed by atoms with Crippen molar-refractivity contribution in [2.75, 3.05) is 4.90 Å². The Morgan fingerprint density at radius 3 is 2.52 bits per heavy atom. The normalized spacial score (nSPS) is 16.3. The third-order valence-electron chi connectivity index (χ3n) is 4.57. The lowest BCUT2D eigenvalue weighted by molar-refractivity contribution is -0.147. The van der Waals surface area contributed by atoms with Gasteiger partial charge in [0, 0.05) is 18.5 Å². The zero-order valence-corrected chi connectivity index (χ0v) is 14.5. The van der Waals surface area contributed by atoms with Crippen LogP contribution in [0.3, 0.4) is 0 Å². The molecule has 2 heterocycles. The number of hydrogen-bond acceptors (Lipinski definition) is 5. The van der Waals surface area contributed by atoms with Gasteiger partial charge in [0.2, 0.25) is 0 Å². The highest BCUT2D eigenvalue weighted by Gasteiger charge is 2.34. The van der Waals surface area contributed by atoms with Crippen molar-refractivity contribution < 1.29 is 18.7 Å². The van der Waals surface area contributed by atoms with E-state index in [1.165, 1.54) is 11.2 Å². The maximum atomic E-state index is 13.0. The van der Waals surface area contributed by atoms with Crippen molar-refractivity contribution in [3.8, 4) is 0 Å². The molecule has 1 saturated heterocycles. The number of nitrogens with zero attached hydrogens (tertiary/aromatic N) is 1. The van der Waals surface area contributed by atoms with Gasteiger partial charge < -0.3 is 14.1 Å². The Labute approximate surface area is 155 Å². The van der Waals surface area contributed by atoms with Crippen molar-refractivity contribution in [1.29, 1.82) is 0 Å². The first-order valence-electron chi connectivity index (χ1n) is 8.69. The molecule has 6 nitrogen and oxygen atoms in total. The highest BCUT2D eigenvalue weighted by molar-refractivity contribution is 5.98. The highest BCUT2D eigenvalue weighted by atomic mass is 16.6. The largest absolute Gasteiger partial charge is 0.464 e. The van der Waals surface area contributed by atoms with E-state index < -0.39 is 6.10 Å². The van der Waals surface area contributed by atoms with E-state index in [1.807, 2.05) is 6.07 Å². The van der Waals surface area contributed by atoms with Crippen molar-refractivity contribution in [3.05, 3.63) is 76.6 Å². The molecule has 6 heteroatoms. The minimum Gasteiger partial charge on any atom is -0.464 e. The Morgan fingerprint density at radius 1 is 1.04 bits per heavy atom. The number of carbonyl (C=O) groups excluding carboxylic acids is 2. The predicted octanol–water partition coefficient (Wildman–Crippen LogP) is 3.03. The fourth-order valence-electron chi connectivity index (χ4n) is 3.18. The summed E-state index contributed by atoms with van der Waals surface area (Å²) in [5.74, 6) is -0.730. The average Bonchev–Trinajstić information content (AvgIpc) is 3.14. The summed E-state index contributed by atoms with van der Waals surface area (Å²) < 4.78 is 10.7. The monoisotopic (exact) mass is 363 g/mol. The topological polar surface area (TPSA) is 76.8 Å². The summed E-state index contributed by atoms with van der Waals surface area (Å²) in [5, 5.41) is 0.461. The third-order valence-corrected chi connectivity index (χ3v) is 4.57. The Morgan fingerprint density at radius 2 is 1.78 bits per heavy atom. The van der Waals surface area contributed by atoms with E-state index in [0.717, 1.165) is 0 Å². The second-order valence-corrected chi connectivity index (χ2v) is 6.36. The maximum Gasteiger partial charge on any atom is 0.306 e. The molecule has 1 aliphatic rings. The van der Waals surface area contributed by atoms with Crippen molar-refractivity contribution >= 4 is 28.5 Å². The Balaban J connectivity index is 1.71. The predicted molar refractivity (Wildman–Crippen MR) is 99.2 cm³/mol. The van der Waals surface area contributed by atoms with E-state index in [1.54, 1.807) is 48.5 Å². The second kappa shape index (κ2) is 7.07. The molecular weight excluding hydrogens is 346 g/mol. The Kier molecular flexibility index (Phi) is 4.46. The van der Waals surface area contributed by atoms with Gasteiger partial charge in [-0.05, 0) is 24.3 Å². The van der Waals surface area contributed by atoms with Crippen LogP contribution in [0.5, 0.6) is 0 Å². The van der Waals surface area contributed by atoms with E-state index in [9.17, 15) is 14.4 Å². The molecule has 0 bridgehead atoms. The molecule has 1 aliphatic heterocycles. The van der Waals surface area contributed by atoms with Gasteiger partial charge in [-0.3, -0.25) is 14.4 Å². The molecule has 2 aromatic carbocycles. The second-order valence-electron chi connectivity index (χ2n) is 6.36. The molecular formula is C21H17NO5. The van der Waals surface area contributed by atoms with Crippen LogP contribution in [0.2, 0.25) is 0 Å². The number of fused-ring (bicyclic) bond motifs is 1. The SMILES string of the molecule is O=C1CC[C@@H](C(=O)N(Cc2coc3ccccc3c2=O)c2ccccc2)O1. The molecule has 1 fully saturated rings. The summed E-state index contributed by atoms with van der Waals surface area (Å²) >= 11 is 0. The van der Waals surface area contributed by atoms with Crippen molar-refractivity contribution in [1.82, 2.24) is 0 Å². The lowest BCUT2D eigenvalue weighted by atomic mass is 10.1. The fraction of sp³-hybridized carbons (Fsp3) is 0.190. The number of ether oxygens (including phenoxy) is 1. The molecule has 0 unspecified atom stereocenters. The molecule has 1 amide bonds. The summed E-state index contributed by atoms with van der Waals surface area (Å²) in [5.41, 5.74) is 1.29. The van der Waals surface area contributed by atoms with Crippen LogP contribution in [0.1, 0.15) is 18.4 Å². The molecule has 27 heavy (non-hydrogen) atoms. The Hall–Kier alpha value is -3.41. The van der Waals surface area contributed by atoms with Gasteiger partial charge in [-0.25, -0.2) is 0 Å². The average molecular weight is 363 g/mol. The summed E-state index contributed by atoms with van der Waals surface area (Å²) in [4.78, 5) is 38.7. The van der Waals surface area contributed by atoms with Crippen LogP contribution in [0.4, 0.5) is 5.69 Å². The van der Waals surface area contributed by atoms with Crippen molar-refractivity contribution in [2.45, 2.75) is 25.5 Å². The van der Waals surface area contributed by atoms with Gasteiger partial charge in [0.05, 0.1) is 23.8 Å². The molecule has 1 atom stereocenters. The molecule has 4 rings (SSSR count). The van der Waals surface area contributed by atoms with Crippen LogP contribution in [0.15, 0.2) is 70.1 Å². The Bertz CT molecular complexity index is 1060. The number of hydrogen-bond donors (Lipinski definition) is 0. The number of rotatable bonds is 4. The first kappa shape index (κ1) is 17.0. The molecule has 0 radical (unpaired) electrons. The van der Waals surface area contributed by atoms with Crippen LogP contribution in [-0.4, -0.2) is 18.0 Å². The van der Waals surface area contributed by atoms with Crippen molar-refractivity contribution in [3.63, 3.8) is 0 Å². The fourth-order valence-corrected chi connectivity index (χ4v) is 3.18. The van der Waals surface area contributed by atoms with Crippen LogP contribution in [0, 0.1) is 0 Å². The van der Waals surface area contributed by atoms with E-state index >= 15 is 0 Å². The van der Waals surface area contributed by atoms with Crippen LogP contribution in [0.25, 0.3) is 11.0 Å². The number of anilines is 1. The number of cyclic esters (lactones) is 1. The van der Waals surface area contributed by atoms with Gasteiger partial charge in [-0.15, -0.1) is 0 Å². The van der Waals surface area contributed by atoms with Gasteiger partial charge in [-0.1, -0.05) is 30.3 Å². The van der Waals surface area contributed by atoms with Gasteiger partial charge >= 0.3 is 5.97 Å². The van der Waals surface area contributed by atoms with E-state index in [2.05, 4.69) is 0 Å². The first-order chi connectivity index (χ1) is 13.1. The molecule has 0 aliphatic carbocycles. The standard InChI is InChI=1S/C21H17NO5/c23-19-11-10-18(27-19)21(25)22(15-6-2-1-3-7-15)12-14-13-26-17-9-5-4-8-16(17)20(14)24/h1-9,13,18H,10-12H2/t18-/m0/s1. The van der Waals surface area contributed by atoms with Gasteiger partial charge in [0.15, 0.2) is 11.5 Å². The van der Waals surface area contributed by atoms with E-state index in [0.29, 0.717) is 28.6 Å². The number of benzene rings is 2. The summed E-state index contributed by atoms with van der Waals surface area (Å²) in [6, 6.07) is 16.0. The number of carbonyl (C=O) groups is 2. The minimum atomic E-state index is -0.829. The maximum absolute atomic E-state index is 13.0. The summed E-state index contributed by atoms with van der Waals surface area (Å²) in [7, 11) is 0. The van der Waals surface area contributed by atoms with Gasteiger partial charge in [0.1, 0.15) is 5.58 Å². The lowest BCUT2D eigenvalue weighted by Gasteiger charge is -2.25. The first-order valence-corrected chi connectivity index (χ1v) is 8.69. The highest BCUT2D eigenvalue weighted by Crippen LogP contribution is 2.23. The molecule has 1 aromatic heterocycles. The van der Waals surface area contributed by atoms with Crippen LogP contribution >= 0.6 is 0 Å². The quantitative estimate of drug-likeness (QED) is 0.666. The zero-order chi connectivity index (χ0) is 18.8. The van der Waals surface area contributed by atoms with Crippen LogP contribution < -0.4 is 10.3 Å². The van der Waals surface area contributed by atoms with Crippen LogP contribution in [-0.2, 0) is 20.9 Å². The van der Waals surface area contributed by atoms with E-state index in [-0.39, 0.29) is 30.3 Å². The zero-order valence-electron chi connectivity index (χ0n) is 14.5. The number of amides is 1. The molecule has 0 N–H and O–H groups in total. The molecule has 136 valence electrons. The van der Waals surface area contributed by atoms with Gasteiger partial charge in [-0.2, -0.15) is 0 Å². The summed E-state index contributed by atoms with van der Waals surface area (Å²) in [6.07, 6.45) is 1.11. The number of esters is 1. The molecule has 3 aromatic rings. The smallest absolute Gasteiger partial charge is 0.306 e. The minimum absolute atomic E-state index is 0.0318. The van der Waals surface area contributed by atoms with E-state index in [4.69, 9.17) is 9.15 Å². The third kappa shape index (κ3) is 3.33. The number of para-hydroxylation sites is 2. The van der Waals surface area contributed by atoms with Crippen molar-refractivity contribution in [2.24, 2.45) is 0 Å². The molecule has 0 saturated carbocycles. The van der Waals surface area contributed by atoms with Gasteiger partial charge in [0.25, 0.3) is 5.91 Å².